The summed E-state index contributed by atoms with van der Waals surface area (Å²) in [6, 6.07) is 17.9. The van der Waals surface area contributed by atoms with Crippen LogP contribution < -0.4 is 14.2 Å². The van der Waals surface area contributed by atoms with Gasteiger partial charge in [0.25, 0.3) is 0 Å². The Morgan fingerprint density at radius 1 is 0.757 bits per heavy atom. The molecule has 3 aromatic carbocycles. The van der Waals surface area contributed by atoms with Gasteiger partial charge in [0.15, 0.2) is 0 Å². The van der Waals surface area contributed by atoms with Crippen LogP contribution in [0.4, 0.5) is 0 Å². The van der Waals surface area contributed by atoms with Crippen molar-refractivity contribution < 1.29 is 23.8 Å². The molecule has 0 saturated carbocycles. The third-order valence-corrected chi connectivity index (χ3v) is 7.19. The lowest BCUT2D eigenvalue weighted by Gasteiger charge is -2.11. The van der Waals surface area contributed by atoms with E-state index in [1.54, 1.807) is 54.2 Å². The zero-order valence-corrected chi connectivity index (χ0v) is 23.0. The van der Waals surface area contributed by atoms with E-state index in [2.05, 4.69) is 13.8 Å². The molecule has 0 aliphatic carbocycles. The van der Waals surface area contributed by atoms with Gasteiger partial charge in [0.1, 0.15) is 17.2 Å². The minimum Gasteiger partial charge on any atom is -0.494 e. The predicted octanol–water partition coefficient (Wildman–Crippen LogP) is 8.09. The molecule has 198 valence electrons. The van der Waals surface area contributed by atoms with Crippen LogP contribution in [0.2, 0.25) is 0 Å². The van der Waals surface area contributed by atoms with Crippen molar-refractivity contribution >= 4 is 34.5 Å². The van der Waals surface area contributed by atoms with Crippen LogP contribution in [-0.2, 0) is 4.79 Å². The molecule has 37 heavy (non-hydrogen) atoms. The summed E-state index contributed by atoms with van der Waals surface area (Å²) in [5, 5.41) is 1.78. The Morgan fingerprint density at radius 3 is 2.00 bits per heavy atom. The van der Waals surface area contributed by atoms with E-state index in [1.807, 2.05) is 25.1 Å². The Labute approximate surface area is 224 Å². The molecule has 0 unspecified atom stereocenters. The first-order chi connectivity index (χ1) is 18.0. The number of hydrogen-bond donors (Lipinski definition) is 0. The molecule has 0 aromatic heterocycles. The maximum Gasteiger partial charge on any atom is 0.343 e. The van der Waals surface area contributed by atoms with Crippen LogP contribution in [0.1, 0.15) is 69.7 Å². The predicted molar refractivity (Wildman–Crippen MR) is 152 cm³/mol. The Morgan fingerprint density at radius 2 is 1.35 bits per heavy atom. The lowest BCUT2D eigenvalue weighted by molar-refractivity contribution is -0.137. The summed E-state index contributed by atoms with van der Waals surface area (Å²) in [5.41, 5.74) is 0.463. The maximum absolute atomic E-state index is 12.6. The van der Waals surface area contributed by atoms with Crippen LogP contribution >= 0.6 is 11.8 Å². The van der Waals surface area contributed by atoms with Crippen molar-refractivity contribution in [3.8, 4) is 17.2 Å². The molecule has 0 saturated heterocycles. The number of carbonyl (C=O) groups excluding carboxylic acids is 2. The van der Waals surface area contributed by atoms with E-state index in [4.69, 9.17) is 14.2 Å². The molecule has 6 heteroatoms. The minimum atomic E-state index is -0.425. The normalized spacial score (nSPS) is 11.8. The van der Waals surface area contributed by atoms with Gasteiger partial charge in [0.2, 0.25) is 0 Å². The summed E-state index contributed by atoms with van der Waals surface area (Å²) in [7, 11) is 0. The first-order valence-corrected chi connectivity index (χ1v) is 14.4. The van der Waals surface area contributed by atoms with Crippen molar-refractivity contribution in [2.75, 3.05) is 18.1 Å². The maximum atomic E-state index is 12.6. The molecule has 0 aliphatic rings. The zero-order chi connectivity index (χ0) is 26.5. The molecule has 0 heterocycles. The van der Waals surface area contributed by atoms with Crippen LogP contribution in [0.3, 0.4) is 0 Å². The fourth-order valence-electron chi connectivity index (χ4n) is 3.83. The molecule has 0 bridgehead atoms. The van der Waals surface area contributed by atoms with Gasteiger partial charge in [0, 0.05) is 5.75 Å². The molecule has 1 atom stereocenters. The van der Waals surface area contributed by atoms with E-state index < -0.39 is 5.97 Å². The summed E-state index contributed by atoms with van der Waals surface area (Å²) < 4.78 is 16.9. The molecule has 0 spiro atoms. The Balaban J connectivity index is 1.51. The number of benzene rings is 3. The van der Waals surface area contributed by atoms with E-state index in [9.17, 15) is 9.59 Å². The molecular formula is C31H38O5S. The highest BCUT2D eigenvalue weighted by Crippen LogP contribution is 2.26. The van der Waals surface area contributed by atoms with Crippen LogP contribution in [0.15, 0.2) is 60.7 Å². The van der Waals surface area contributed by atoms with E-state index in [-0.39, 0.29) is 11.9 Å². The topological polar surface area (TPSA) is 61.8 Å². The fourth-order valence-corrected chi connectivity index (χ4v) is 4.56. The minimum absolute atomic E-state index is 0.164. The van der Waals surface area contributed by atoms with E-state index in [0.29, 0.717) is 23.7 Å². The standard InChI is InChI=1S/C31H38O5S/c1-4-6-7-8-9-10-19-34-27-15-11-24(12-16-27)31(33)36-29-18-14-25-20-28(17-13-26(25)21-29)35-30(32)23(3)22-37-5-2/h11-18,20-21,23H,4-10,19,22H2,1-3H3/t23-/m0/s1. The van der Waals surface area contributed by atoms with Gasteiger partial charge in [-0.3, -0.25) is 4.79 Å². The second kappa shape index (κ2) is 15.3. The van der Waals surface area contributed by atoms with Gasteiger partial charge in [-0.15, -0.1) is 0 Å². The van der Waals surface area contributed by atoms with Crippen molar-refractivity contribution in [2.45, 2.75) is 59.3 Å². The lowest BCUT2D eigenvalue weighted by Crippen LogP contribution is -2.19. The second-order valence-corrected chi connectivity index (χ2v) is 10.5. The van der Waals surface area contributed by atoms with Crippen molar-refractivity contribution in [1.82, 2.24) is 0 Å². The van der Waals surface area contributed by atoms with Gasteiger partial charge in [0.05, 0.1) is 18.1 Å². The van der Waals surface area contributed by atoms with Gasteiger partial charge in [-0.05, 0) is 71.5 Å². The largest absolute Gasteiger partial charge is 0.494 e. The number of ether oxygens (including phenoxy) is 3. The van der Waals surface area contributed by atoms with Gasteiger partial charge in [-0.2, -0.15) is 11.8 Å². The third kappa shape index (κ3) is 9.43. The molecule has 3 aromatic rings. The van der Waals surface area contributed by atoms with Crippen LogP contribution in [-0.4, -0.2) is 30.1 Å². The van der Waals surface area contributed by atoms with Gasteiger partial charge in [-0.1, -0.05) is 65.0 Å². The number of hydrogen-bond acceptors (Lipinski definition) is 6. The number of esters is 2. The Kier molecular flexibility index (Phi) is 11.8. The van der Waals surface area contributed by atoms with Crippen LogP contribution in [0.25, 0.3) is 10.8 Å². The highest BCUT2D eigenvalue weighted by molar-refractivity contribution is 7.99. The first kappa shape index (κ1) is 28.6. The molecular weight excluding hydrogens is 484 g/mol. The number of fused-ring (bicyclic) bond motifs is 1. The summed E-state index contributed by atoms with van der Waals surface area (Å²) in [6.45, 7) is 6.85. The highest BCUT2D eigenvalue weighted by Gasteiger charge is 2.15. The van der Waals surface area contributed by atoms with Gasteiger partial charge >= 0.3 is 11.9 Å². The average molecular weight is 523 g/mol. The third-order valence-electron chi connectivity index (χ3n) is 6.04. The molecule has 3 rings (SSSR count). The van der Waals surface area contributed by atoms with Crippen molar-refractivity contribution in [2.24, 2.45) is 5.92 Å². The summed E-state index contributed by atoms with van der Waals surface area (Å²) in [5.74, 6) is 2.61. The van der Waals surface area contributed by atoms with Gasteiger partial charge in [-0.25, -0.2) is 4.79 Å². The summed E-state index contributed by atoms with van der Waals surface area (Å²) in [4.78, 5) is 24.9. The Hall–Kier alpha value is -2.99. The SMILES string of the molecule is CCCCCCCCOc1ccc(C(=O)Oc2ccc3cc(OC(=O)[C@@H](C)CSCC)ccc3c2)cc1. The highest BCUT2D eigenvalue weighted by atomic mass is 32.2. The van der Waals surface area contributed by atoms with Crippen molar-refractivity contribution in [3.63, 3.8) is 0 Å². The van der Waals surface area contributed by atoms with Crippen molar-refractivity contribution in [3.05, 3.63) is 66.2 Å². The first-order valence-electron chi connectivity index (χ1n) is 13.3. The molecule has 5 nitrogen and oxygen atoms in total. The monoisotopic (exact) mass is 522 g/mol. The average Bonchev–Trinajstić information content (AvgIpc) is 2.91. The quantitative estimate of drug-likeness (QED) is 0.114. The van der Waals surface area contributed by atoms with E-state index >= 15 is 0 Å². The number of unbranched alkanes of at least 4 members (excludes halogenated alkanes) is 5. The van der Waals surface area contributed by atoms with Gasteiger partial charge < -0.3 is 14.2 Å². The number of thioether (sulfide) groups is 1. The molecule has 0 aliphatic heterocycles. The van der Waals surface area contributed by atoms with Crippen molar-refractivity contribution in [1.29, 1.82) is 0 Å². The molecule has 0 fully saturated rings. The second-order valence-electron chi connectivity index (χ2n) is 9.18. The summed E-state index contributed by atoms with van der Waals surface area (Å²) >= 11 is 1.72. The molecule has 0 amide bonds. The van der Waals surface area contributed by atoms with Crippen LogP contribution in [0.5, 0.6) is 17.2 Å². The fraction of sp³-hybridized carbons (Fsp3) is 0.419. The molecule has 0 N–H and O–H groups in total. The van der Waals surface area contributed by atoms with Crippen LogP contribution in [0, 0.1) is 5.92 Å². The lowest BCUT2D eigenvalue weighted by atomic mass is 10.1. The summed E-state index contributed by atoms with van der Waals surface area (Å²) in [6.07, 6.45) is 7.32. The van der Waals surface area contributed by atoms with E-state index in [0.717, 1.165) is 34.4 Å². The molecule has 0 radical (unpaired) electrons. The zero-order valence-electron chi connectivity index (χ0n) is 22.2. The number of rotatable bonds is 15. The Bertz CT molecular complexity index is 1140. The smallest absolute Gasteiger partial charge is 0.343 e. The van der Waals surface area contributed by atoms with E-state index in [1.165, 1.54) is 32.1 Å². The number of carbonyl (C=O) groups is 2.